The van der Waals surface area contributed by atoms with Crippen molar-refractivity contribution in [2.24, 2.45) is 0 Å². The van der Waals surface area contributed by atoms with Crippen molar-refractivity contribution < 1.29 is 18.8 Å². The van der Waals surface area contributed by atoms with Crippen molar-refractivity contribution in [1.82, 2.24) is 19.6 Å². The minimum atomic E-state index is -0.469. The number of amides is 2. The van der Waals surface area contributed by atoms with E-state index in [2.05, 4.69) is 33.3 Å². The SMILES string of the molecule is C=CC(=O)Nc1cccc(-n2c(NC(=O)c3ccno3)nc3cc(CN4CCOCC4)ccc32)c1. The molecule has 10 nitrogen and oxygen atoms in total. The molecule has 1 aliphatic rings. The summed E-state index contributed by atoms with van der Waals surface area (Å²) < 4.78 is 12.3. The zero-order valence-electron chi connectivity index (χ0n) is 18.9. The van der Waals surface area contributed by atoms with Crippen LogP contribution in [-0.4, -0.2) is 57.7 Å². The number of aromatic nitrogens is 3. The summed E-state index contributed by atoms with van der Waals surface area (Å²) in [5.41, 5.74) is 3.94. The molecule has 5 rings (SSSR count). The zero-order chi connectivity index (χ0) is 24.2. The number of hydrogen-bond donors (Lipinski definition) is 2. The fraction of sp³-hybridized carbons (Fsp3) is 0.200. The number of carbonyl (C=O) groups is 2. The molecule has 0 spiro atoms. The van der Waals surface area contributed by atoms with Crippen molar-refractivity contribution in [3.8, 4) is 5.69 Å². The molecule has 0 bridgehead atoms. The summed E-state index contributed by atoms with van der Waals surface area (Å²) in [6, 6.07) is 14.8. The average Bonchev–Trinajstić information content (AvgIpc) is 3.53. The van der Waals surface area contributed by atoms with Crippen LogP contribution < -0.4 is 10.6 Å². The average molecular weight is 473 g/mol. The Hall–Kier alpha value is -4.28. The van der Waals surface area contributed by atoms with Gasteiger partial charge in [0.25, 0.3) is 5.91 Å². The summed E-state index contributed by atoms with van der Waals surface area (Å²) in [6.45, 7) is 7.50. The maximum atomic E-state index is 12.7. The largest absolute Gasteiger partial charge is 0.379 e. The predicted octanol–water partition coefficient (Wildman–Crippen LogP) is 3.22. The van der Waals surface area contributed by atoms with Crippen LogP contribution in [0.1, 0.15) is 16.1 Å². The number of hydrogen-bond acceptors (Lipinski definition) is 7. The summed E-state index contributed by atoms with van der Waals surface area (Å²) in [5, 5.41) is 9.18. The van der Waals surface area contributed by atoms with Crippen LogP contribution in [0.3, 0.4) is 0 Å². The Balaban J connectivity index is 1.54. The Morgan fingerprint density at radius 3 is 2.71 bits per heavy atom. The highest BCUT2D eigenvalue weighted by Crippen LogP contribution is 2.28. The summed E-state index contributed by atoms with van der Waals surface area (Å²) in [7, 11) is 0. The monoisotopic (exact) mass is 472 g/mol. The lowest BCUT2D eigenvalue weighted by molar-refractivity contribution is -0.111. The van der Waals surface area contributed by atoms with Gasteiger partial charge in [0.05, 0.1) is 36.1 Å². The van der Waals surface area contributed by atoms with Gasteiger partial charge in [-0.25, -0.2) is 4.98 Å². The van der Waals surface area contributed by atoms with Gasteiger partial charge in [0.15, 0.2) is 0 Å². The molecule has 0 radical (unpaired) electrons. The summed E-state index contributed by atoms with van der Waals surface area (Å²) >= 11 is 0. The Kier molecular flexibility index (Phi) is 6.38. The molecular weight excluding hydrogens is 448 g/mol. The molecule has 2 amide bonds. The third-order valence-corrected chi connectivity index (χ3v) is 5.67. The van der Waals surface area contributed by atoms with E-state index in [0.717, 1.165) is 49.4 Å². The molecule has 2 aromatic carbocycles. The van der Waals surface area contributed by atoms with E-state index in [1.165, 1.54) is 18.3 Å². The molecule has 1 fully saturated rings. The number of morpholine rings is 1. The molecule has 0 saturated carbocycles. The molecule has 0 aliphatic carbocycles. The van der Waals surface area contributed by atoms with Crippen LogP contribution in [0, 0.1) is 0 Å². The Morgan fingerprint density at radius 1 is 1.09 bits per heavy atom. The number of nitrogens with one attached hydrogen (secondary N) is 2. The number of rotatable bonds is 7. The third-order valence-electron chi connectivity index (χ3n) is 5.67. The van der Waals surface area contributed by atoms with Crippen molar-refractivity contribution in [3.05, 3.63) is 78.7 Å². The molecule has 1 saturated heterocycles. The Labute approximate surface area is 201 Å². The van der Waals surface area contributed by atoms with Gasteiger partial charge >= 0.3 is 0 Å². The molecular formula is C25H24N6O4. The van der Waals surface area contributed by atoms with Crippen LogP contribution in [-0.2, 0) is 16.1 Å². The van der Waals surface area contributed by atoms with Crippen LogP contribution in [0.2, 0.25) is 0 Å². The van der Waals surface area contributed by atoms with Crippen LogP contribution >= 0.6 is 0 Å². The fourth-order valence-corrected chi connectivity index (χ4v) is 4.00. The van der Waals surface area contributed by atoms with Gasteiger partial charge in [-0.1, -0.05) is 23.9 Å². The predicted molar refractivity (Wildman–Crippen MR) is 130 cm³/mol. The summed E-state index contributed by atoms with van der Waals surface area (Å²) in [5.74, 6) is -0.395. The highest BCUT2D eigenvalue weighted by atomic mass is 16.5. The van der Waals surface area contributed by atoms with Gasteiger partial charge in [0.1, 0.15) is 0 Å². The van der Waals surface area contributed by atoms with E-state index in [9.17, 15) is 9.59 Å². The van der Waals surface area contributed by atoms with E-state index >= 15 is 0 Å². The van der Waals surface area contributed by atoms with Crippen LogP contribution in [0.25, 0.3) is 16.7 Å². The molecule has 0 unspecified atom stereocenters. The summed E-state index contributed by atoms with van der Waals surface area (Å²) in [6.07, 6.45) is 2.61. The maximum Gasteiger partial charge on any atom is 0.296 e. The molecule has 10 heteroatoms. The number of ether oxygens (including phenoxy) is 1. The van der Waals surface area contributed by atoms with Crippen molar-refractivity contribution in [3.63, 3.8) is 0 Å². The number of benzene rings is 2. The van der Waals surface area contributed by atoms with E-state index in [1.807, 2.05) is 28.8 Å². The zero-order valence-corrected chi connectivity index (χ0v) is 18.9. The fourth-order valence-electron chi connectivity index (χ4n) is 4.00. The topological polar surface area (TPSA) is 115 Å². The first-order valence-corrected chi connectivity index (χ1v) is 11.2. The number of nitrogens with zero attached hydrogens (tertiary/aromatic N) is 4. The van der Waals surface area contributed by atoms with Crippen LogP contribution in [0.5, 0.6) is 0 Å². The second-order valence-electron chi connectivity index (χ2n) is 8.06. The lowest BCUT2D eigenvalue weighted by Gasteiger charge is -2.26. The van der Waals surface area contributed by atoms with Crippen molar-refractivity contribution in [2.45, 2.75) is 6.54 Å². The summed E-state index contributed by atoms with van der Waals surface area (Å²) in [4.78, 5) is 31.6. The normalized spacial score (nSPS) is 14.1. The molecule has 1 aliphatic heterocycles. The highest BCUT2D eigenvalue weighted by molar-refractivity contribution is 6.02. The molecule has 0 atom stereocenters. The number of anilines is 2. The molecule has 2 aromatic heterocycles. The van der Waals surface area contributed by atoms with Crippen LogP contribution in [0.15, 0.2) is 71.9 Å². The van der Waals surface area contributed by atoms with Gasteiger partial charge in [-0.3, -0.25) is 24.4 Å². The third kappa shape index (κ3) is 4.98. The minimum absolute atomic E-state index is 0.0728. The molecule has 4 aromatic rings. The Morgan fingerprint density at radius 2 is 1.94 bits per heavy atom. The number of imidazole rings is 1. The van der Waals surface area contributed by atoms with Gasteiger partial charge < -0.3 is 14.6 Å². The van der Waals surface area contributed by atoms with E-state index in [-0.39, 0.29) is 11.7 Å². The van der Waals surface area contributed by atoms with E-state index < -0.39 is 5.91 Å². The first kappa shape index (κ1) is 22.5. The van der Waals surface area contributed by atoms with Gasteiger partial charge in [-0.2, -0.15) is 0 Å². The van der Waals surface area contributed by atoms with Gasteiger partial charge in [0, 0.05) is 31.4 Å². The van der Waals surface area contributed by atoms with Gasteiger partial charge in [-0.15, -0.1) is 0 Å². The minimum Gasteiger partial charge on any atom is -0.379 e. The highest BCUT2D eigenvalue weighted by Gasteiger charge is 2.19. The lowest BCUT2D eigenvalue weighted by Crippen LogP contribution is -2.35. The maximum absolute atomic E-state index is 12.7. The Bertz CT molecular complexity index is 1370. The van der Waals surface area contributed by atoms with Crippen molar-refractivity contribution >= 4 is 34.5 Å². The number of carbonyl (C=O) groups excluding carboxylic acids is 2. The molecule has 3 heterocycles. The lowest BCUT2D eigenvalue weighted by atomic mass is 10.1. The van der Waals surface area contributed by atoms with Crippen molar-refractivity contribution in [2.75, 3.05) is 36.9 Å². The second-order valence-corrected chi connectivity index (χ2v) is 8.06. The standard InChI is InChI=1S/C25H24N6O4/c1-2-23(32)27-18-4-3-5-19(15-18)31-21-7-6-17(16-30-10-12-34-13-11-30)14-20(21)28-25(31)29-24(33)22-8-9-26-35-22/h2-9,14-15H,1,10-13,16H2,(H,27,32)(H,28,29,33). The van der Waals surface area contributed by atoms with E-state index in [1.54, 1.807) is 12.1 Å². The first-order valence-electron chi connectivity index (χ1n) is 11.2. The molecule has 35 heavy (non-hydrogen) atoms. The van der Waals surface area contributed by atoms with Crippen molar-refractivity contribution in [1.29, 1.82) is 0 Å². The second kappa shape index (κ2) is 9.92. The molecule has 178 valence electrons. The quantitative estimate of drug-likeness (QED) is 0.397. The van der Waals surface area contributed by atoms with Crippen LogP contribution in [0.4, 0.5) is 11.6 Å². The number of fused-ring (bicyclic) bond motifs is 1. The smallest absolute Gasteiger partial charge is 0.296 e. The van der Waals surface area contributed by atoms with Gasteiger partial charge in [0.2, 0.25) is 17.6 Å². The van der Waals surface area contributed by atoms with E-state index in [4.69, 9.17) is 14.2 Å². The molecule has 2 N–H and O–H groups in total. The first-order chi connectivity index (χ1) is 17.1. The van der Waals surface area contributed by atoms with E-state index in [0.29, 0.717) is 17.3 Å². The van der Waals surface area contributed by atoms with Gasteiger partial charge in [-0.05, 0) is 42.0 Å².